The van der Waals surface area contributed by atoms with Gasteiger partial charge in [0.2, 0.25) is 5.91 Å². The topological polar surface area (TPSA) is 90.3 Å². The molecule has 2 heterocycles. The number of hydrogen-bond donors (Lipinski definition) is 1. The van der Waals surface area contributed by atoms with Crippen molar-refractivity contribution in [2.24, 2.45) is 0 Å². The van der Waals surface area contributed by atoms with E-state index in [0.29, 0.717) is 11.7 Å². The Balaban J connectivity index is 1.83. The van der Waals surface area contributed by atoms with Gasteiger partial charge in [0.15, 0.2) is 5.16 Å². The van der Waals surface area contributed by atoms with Crippen LogP contribution in [-0.4, -0.2) is 40.8 Å². The van der Waals surface area contributed by atoms with Gasteiger partial charge in [0.05, 0.1) is 18.2 Å². The first kappa shape index (κ1) is 18.9. The SMILES string of the molecule is CCCn1c(SCC(=O)NCC(=O)OC)nc2sc3c(c2c1=O)CCC3. The predicted molar refractivity (Wildman–Crippen MR) is 102 cm³/mol. The lowest BCUT2D eigenvalue weighted by Crippen LogP contribution is -2.31. The molecule has 0 saturated heterocycles. The predicted octanol–water partition coefficient (Wildman–Crippen LogP) is 1.74. The highest BCUT2D eigenvalue weighted by molar-refractivity contribution is 7.99. The number of thioether (sulfide) groups is 1. The summed E-state index contributed by atoms with van der Waals surface area (Å²) < 4.78 is 6.16. The van der Waals surface area contributed by atoms with Gasteiger partial charge >= 0.3 is 5.97 Å². The molecule has 1 aliphatic rings. The summed E-state index contributed by atoms with van der Waals surface area (Å²) in [5.74, 6) is -0.714. The summed E-state index contributed by atoms with van der Waals surface area (Å²) in [6.07, 6.45) is 3.87. The zero-order valence-corrected chi connectivity index (χ0v) is 16.4. The van der Waals surface area contributed by atoms with Gasteiger partial charge in [-0.25, -0.2) is 4.98 Å². The first-order valence-corrected chi connectivity index (χ1v) is 10.4. The minimum Gasteiger partial charge on any atom is -0.468 e. The molecule has 0 unspecified atom stereocenters. The number of carbonyl (C=O) groups excluding carboxylic acids is 2. The van der Waals surface area contributed by atoms with Crippen molar-refractivity contribution in [1.82, 2.24) is 14.9 Å². The molecule has 0 aliphatic heterocycles. The quantitative estimate of drug-likeness (QED) is 0.436. The van der Waals surface area contributed by atoms with Crippen molar-refractivity contribution in [3.8, 4) is 0 Å². The maximum Gasteiger partial charge on any atom is 0.325 e. The summed E-state index contributed by atoms with van der Waals surface area (Å²) in [6.45, 7) is 2.41. The number of ether oxygens (including phenoxy) is 1. The molecule has 26 heavy (non-hydrogen) atoms. The molecule has 2 aromatic rings. The van der Waals surface area contributed by atoms with E-state index in [-0.39, 0.29) is 23.8 Å². The van der Waals surface area contributed by atoms with Crippen molar-refractivity contribution in [2.75, 3.05) is 19.4 Å². The molecule has 3 rings (SSSR count). The summed E-state index contributed by atoms with van der Waals surface area (Å²) >= 11 is 2.81. The summed E-state index contributed by atoms with van der Waals surface area (Å²) in [5.41, 5.74) is 1.16. The van der Waals surface area contributed by atoms with Crippen molar-refractivity contribution in [3.05, 3.63) is 20.8 Å². The van der Waals surface area contributed by atoms with Gasteiger partial charge < -0.3 is 10.1 Å². The van der Waals surface area contributed by atoms with E-state index in [9.17, 15) is 14.4 Å². The van der Waals surface area contributed by atoms with Crippen LogP contribution in [-0.2, 0) is 33.7 Å². The summed E-state index contributed by atoms with van der Waals surface area (Å²) in [7, 11) is 1.27. The molecule has 0 aromatic carbocycles. The molecular formula is C17H21N3O4S2. The Morgan fingerprint density at radius 2 is 2.19 bits per heavy atom. The van der Waals surface area contributed by atoms with Crippen LogP contribution in [0.2, 0.25) is 0 Å². The van der Waals surface area contributed by atoms with Crippen molar-refractivity contribution in [2.45, 2.75) is 44.3 Å². The minimum atomic E-state index is -0.501. The van der Waals surface area contributed by atoms with Gasteiger partial charge in [-0.2, -0.15) is 0 Å². The maximum atomic E-state index is 13.0. The Morgan fingerprint density at radius 1 is 1.38 bits per heavy atom. The summed E-state index contributed by atoms with van der Waals surface area (Å²) in [5, 5.41) is 3.80. The highest BCUT2D eigenvalue weighted by atomic mass is 32.2. The zero-order chi connectivity index (χ0) is 18.7. The third kappa shape index (κ3) is 3.78. The van der Waals surface area contributed by atoms with Gasteiger partial charge in [0.1, 0.15) is 11.4 Å². The number of rotatable bonds is 7. The van der Waals surface area contributed by atoms with Gasteiger partial charge in [0, 0.05) is 11.4 Å². The van der Waals surface area contributed by atoms with Gasteiger partial charge in [0.25, 0.3) is 5.56 Å². The van der Waals surface area contributed by atoms with Gasteiger partial charge in [-0.1, -0.05) is 18.7 Å². The first-order chi connectivity index (χ1) is 12.5. The van der Waals surface area contributed by atoms with Gasteiger partial charge in [-0.3, -0.25) is 19.0 Å². The van der Waals surface area contributed by atoms with E-state index >= 15 is 0 Å². The Hall–Kier alpha value is -1.87. The second-order valence-electron chi connectivity index (χ2n) is 6.03. The van der Waals surface area contributed by atoms with Crippen molar-refractivity contribution < 1.29 is 14.3 Å². The highest BCUT2D eigenvalue weighted by Crippen LogP contribution is 2.35. The molecule has 0 bridgehead atoms. The normalized spacial score (nSPS) is 13.0. The van der Waals surface area contributed by atoms with E-state index < -0.39 is 5.97 Å². The van der Waals surface area contributed by atoms with E-state index in [0.717, 1.165) is 35.9 Å². The average Bonchev–Trinajstić information content (AvgIpc) is 3.21. The third-order valence-corrected chi connectivity index (χ3v) is 6.39. The fourth-order valence-corrected chi connectivity index (χ4v) is 5.17. The summed E-state index contributed by atoms with van der Waals surface area (Å²) in [4.78, 5) is 42.7. The van der Waals surface area contributed by atoms with Crippen molar-refractivity contribution in [3.63, 3.8) is 0 Å². The highest BCUT2D eigenvalue weighted by Gasteiger charge is 2.23. The summed E-state index contributed by atoms with van der Waals surface area (Å²) in [6, 6.07) is 0. The van der Waals surface area contributed by atoms with Gasteiger partial charge in [-0.05, 0) is 31.2 Å². The Labute approximate surface area is 159 Å². The number of amides is 1. The van der Waals surface area contributed by atoms with Crippen LogP contribution in [0.25, 0.3) is 10.2 Å². The van der Waals surface area contributed by atoms with Crippen molar-refractivity contribution in [1.29, 1.82) is 0 Å². The van der Waals surface area contributed by atoms with E-state index in [1.54, 1.807) is 15.9 Å². The number of aryl methyl sites for hydroxylation is 2. The Bertz CT molecular complexity index is 904. The van der Waals surface area contributed by atoms with Crippen LogP contribution < -0.4 is 10.9 Å². The fraction of sp³-hybridized carbons (Fsp3) is 0.529. The van der Waals surface area contributed by atoms with Crippen LogP contribution >= 0.6 is 23.1 Å². The average molecular weight is 396 g/mol. The number of methoxy groups -OCH3 is 1. The lowest BCUT2D eigenvalue weighted by atomic mass is 10.2. The molecule has 140 valence electrons. The molecule has 1 N–H and O–H groups in total. The zero-order valence-electron chi connectivity index (χ0n) is 14.8. The van der Waals surface area contributed by atoms with Crippen molar-refractivity contribution >= 4 is 45.2 Å². The number of fused-ring (bicyclic) bond motifs is 3. The van der Waals surface area contributed by atoms with E-state index in [1.165, 1.54) is 29.3 Å². The van der Waals surface area contributed by atoms with Crippen LogP contribution in [0.3, 0.4) is 0 Å². The molecule has 1 amide bonds. The molecule has 2 aromatic heterocycles. The molecule has 0 saturated carbocycles. The monoisotopic (exact) mass is 395 g/mol. The van der Waals surface area contributed by atoms with E-state index in [4.69, 9.17) is 0 Å². The number of nitrogens with one attached hydrogen (secondary N) is 1. The number of aromatic nitrogens is 2. The van der Waals surface area contributed by atoms with E-state index in [2.05, 4.69) is 15.0 Å². The van der Waals surface area contributed by atoms with Crippen LogP contribution in [0, 0.1) is 0 Å². The Morgan fingerprint density at radius 3 is 2.92 bits per heavy atom. The van der Waals surface area contributed by atoms with Crippen LogP contribution in [0.15, 0.2) is 9.95 Å². The number of esters is 1. The molecule has 7 nitrogen and oxygen atoms in total. The third-order valence-electron chi connectivity index (χ3n) is 4.23. The number of thiophene rings is 1. The van der Waals surface area contributed by atoms with Crippen LogP contribution in [0.4, 0.5) is 0 Å². The molecule has 1 aliphatic carbocycles. The molecule has 9 heteroatoms. The van der Waals surface area contributed by atoms with Gasteiger partial charge in [-0.15, -0.1) is 11.3 Å². The smallest absolute Gasteiger partial charge is 0.325 e. The molecule has 0 radical (unpaired) electrons. The first-order valence-electron chi connectivity index (χ1n) is 8.56. The molecule has 0 fully saturated rings. The molecule has 0 spiro atoms. The molecular weight excluding hydrogens is 374 g/mol. The standard InChI is InChI=1S/C17H21N3O4S2/c1-3-7-20-16(23)14-10-5-4-6-11(10)26-15(14)19-17(20)25-9-12(21)18-8-13(22)24-2/h3-9H2,1-2H3,(H,18,21). The second kappa shape index (κ2) is 8.22. The lowest BCUT2D eigenvalue weighted by molar-refractivity contribution is -0.140. The largest absolute Gasteiger partial charge is 0.468 e. The number of hydrogen-bond acceptors (Lipinski definition) is 7. The van der Waals surface area contributed by atoms with Crippen LogP contribution in [0.1, 0.15) is 30.2 Å². The second-order valence-corrected chi connectivity index (χ2v) is 8.06. The number of nitrogens with zero attached hydrogens (tertiary/aromatic N) is 2. The molecule has 0 atom stereocenters. The number of carbonyl (C=O) groups is 2. The Kier molecular flexibility index (Phi) is 5.98. The fourth-order valence-electron chi connectivity index (χ4n) is 3.01. The maximum absolute atomic E-state index is 13.0. The lowest BCUT2D eigenvalue weighted by Gasteiger charge is -2.11. The van der Waals surface area contributed by atoms with Crippen LogP contribution in [0.5, 0.6) is 0 Å². The minimum absolute atomic E-state index is 0.00582. The van der Waals surface area contributed by atoms with E-state index in [1.807, 2.05) is 6.92 Å².